The minimum Gasteiger partial charge on any atom is -0.322 e. The number of aryl methyl sites for hydroxylation is 1. The Labute approximate surface area is 162 Å². The fourth-order valence-electron chi connectivity index (χ4n) is 5.23. The van der Waals surface area contributed by atoms with E-state index < -0.39 is 0 Å². The second-order valence-corrected chi connectivity index (χ2v) is 8.91. The summed E-state index contributed by atoms with van der Waals surface area (Å²) in [6.45, 7) is 8.11. The molecule has 0 aromatic heterocycles. The largest absolute Gasteiger partial charge is 0.322 e. The van der Waals surface area contributed by atoms with Crippen molar-refractivity contribution in [3.8, 4) is 0 Å². The number of likely N-dealkylation sites (tertiary alicyclic amines) is 1. The first-order valence-corrected chi connectivity index (χ1v) is 10.6. The summed E-state index contributed by atoms with van der Waals surface area (Å²) in [6.07, 6.45) is 5.70. The Balaban J connectivity index is 1.31. The van der Waals surface area contributed by atoms with Gasteiger partial charge in [0.2, 0.25) is 11.8 Å². The van der Waals surface area contributed by atoms with Crippen molar-refractivity contribution < 1.29 is 19.4 Å². The summed E-state index contributed by atoms with van der Waals surface area (Å²) in [5.41, 5.74) is 2.46. The maximum absolute atomic E-state index is 13.0. The van der Waals surface area contributed by atoms with Crippen LogP contribution in [-0.2, 0) is 16.1 Å². The van der Waals surface area contributed by atoms with Gasteiger partial charge in [-0.3, -0.25) is 9.59 Å². The number of piperazine rings is 1. The highest BCUT2D eigenvalue weighted by Crippen LogP contribution is 2.44. The molecule has 2 aliphatic heterocycles. The molecule has 1 spiro atoms. The molecular weight excluding hydrogens is 338 g/mol. The molecule has 0 unspecified atom stereocenters. The molecule has 3 fully saturated rings. The van der Waals surface area contributed by atoms with Crippen LogP contribution in [0.15, 0.2) is 24.3 Å². The minimum atomic E-state index is -0.341. The molecule has 0 atom stereocenters. The second-order valence-electron chi connectivity index (χ2n) is 8.91. The summed E-state index contributed by atoms with van der Waals surface area (Å²) in [5, 5.41) is 0. The second kappa shape index (κ2) is 7.72. The number of nitrogens with one attached hydrogen (secondary N) is 2. The monoisotopic (exact) mass is 371 g/mol. The molecule has 4 rings (SSSR count). The van der Waals surface area contributed by atoms with E-state index in [1.807, 2.05) is 0 Å². The van der Waals surface area contributed by atoms with Gasteiger partial charge in [-0.05, 0) is 25.3 Å². The Morgan fingerprint density at radius 3 is 2.33 bits per heavy atom. The normalized spacial score (nSPS) is 28.1. The van der Waals surface area contributed by atoms with Crippen LogP contribution in [0.5, 0.6) is 0 Å². The van der Waals surface area contributed by atoms with Crippen LogP contribution in [0, 0.1) is 12.3 Å². The zero-order valence-electron chi connectivity index (χ0n) is 16.6. The van der Waals surface area contributed by atoms with Gasteiger partial charge in [0.1, 0.15) is 32.7 Å². The smallest absolute Gasteiger partial charge is 0.240 e. The predicted molar refractivity (Wildman–Crippen MR) is 103 cm³/mol. The van der Waals surface area contributed by atoms with Crippen LogP contribution in [0.2, 0.25) is 0 Å². The lowest BCUT2D eigenvalue weighted by molar-refractivity contribution is -1.02. The number of quaternary nitrogens is 2. The third-order valence-corrected chi connectivity index (χ3v) is 7.05. The summed E-state index contributed by atoms with van der Waals surface area (Å²) in [6, 6.07) is 8.63. The first kappa shape index (κ1) is 18.6. The molecule has 3 aliphatic rings. The fraction of sp³-hybridized carbons (Fsp3) is 0.636. The highest BCUT2D eigenvalue weighted by Gasteiger charge is 2.52. The van der Waals surface area contributed by atoms with Crippen molar-refractivity contribution in [2.45, 2.75) is 52.0 Å². The third-order valence-electron chi connectivity index (χ3n) is 7.05. The minimum absolute atomic E-state index is 0.0732. The quantitative estimate of drug-likeness (QED) is 0.729. The van der Waals surface area contributed by atoms with Gasteiger partial charge in [-0.25, -0.2) is 4.90 Å². The molecule has 146 valence electrons. The zero-order valence-corrected chi connectivity index (χ0v) is 16.6. The van der Waals surface area contributed by atoms with Gasteiger partial charge in [-0.2, -0.15) is 0 Å². The van der Waals surface area contributed by atoms with E-state index in [1.165, 1.54) is 22.4 Å². The fourth-order valence-corrected chi connectivity index (χ4v) is 5.23. The van der Waals surface area contributed by atoms with E-state index in [1.54, 1.807) is 9.80 Å². The predicted octanol–water partition coefficient (Wildman–Crippen LogP) is -0.0547. The van der Waals surface area contributed by atoms with Crippen LogP contribution in [-0.4, -0.2) is 49.6 Å². The van der Waals surface area contributed by atoms with Gasteiger partial charge >= 0.3 is 0 Å². The van der Waals surface area contributed by atoms with Gasteiger partial charge in [-0.15, -0.1) is 0 Å². The van der Waals surface area contributed by atoms with Crippen LogP contribution in [0.25, 0.3) is 0 Å². The standard InChI is InChI=1S/C22H31N3O2/c1-18-7-3-4-8-19(18)16-23-11-13-24(14-12-23)17-25-20(26)15-22(21(25)27)9-5-2-6-10-22/h3-4,7-8H,2,5-6,9-17H2,1H3/p+2. The summed E-state index contributed by atoms with van der Waals surface area (Å²) in [7, 11) is 0. The van der Waals surface area contributed by atoms with Gasteiger partial charge in [-0.1, -0.05) is 43.5 Å². The Hall–Kier alpha value is -1.72. The molecule has 2 heterocycles. The van der Waals surface area contributed by atoms with Crippen molar-refractivity contribution in [1.82, 2.24) is 4.90 Å². The number of carbonyl (C=O) groups is 2. The van der Waals surface area contributed by atoms with E-state index in [4.69, 9.17) is 0 Å². The molecule has 5 heteroatoms. The Kier molecular flexibility index (Phi) is 5.33. The summed E-state index contributed by atoms with van der Waals surface area (Å²) < 4.78 is 0. The van der Waals surface area contributed by atoms with E-state index in [-0.39, 0.29) is 17.2 Å². The number of amides is 2. The Morgan fingerprint density at radius 2 is 1.63 bits per heavy atom. The van der Waals surface area contributed by atoms with Crippen molar-refractivity contribution in [3.63, 3.8) is 0 Å². The topological polar surface area (TPSA) is 46.3 Å². The van der Waals surface area contributed by atoms with Gasteiger partial charge in [0.25, 0.3) is 0 Å². The van der Waals surface area contributed by atoms with Crippen molar-refractivity contribution in [3.05, 3.63) is 35.4 Å². The van der Waals surface area contributed by atoms with Crippen molar-refractivity contribution in [2.24, 2.45) is 5.41 Å². The lowest BCUT2D eigenvalue weighted by atomic mass is 9.73. The highest BCUT2D eigenvalue weighted by molar-refractivity contribution is 6.05. The van der Waals surface area contributed by atoms with E-state index in [9.17, 15) is 9.59 Å². The lowest BCUT2D eigenvalue weighted by Gasteiger charge is -2.33. The number of imide groups is 1. The average Bonchev–Trinajstić information content (AvgIpc) is 2.90. The Morgan fingerprint density at radius 1 is 0.963 bits per heavy atom. The average molecular weight is 372 g/mol. The number of nitrogens with zero attached hydrogens (tertiary/aromatic N) is 1. The maximum atomic E-state index is 13.0. The van der Waals surface area contributed by atoms with Gasteiger partial charge < -0.3 is 9.80 Å². The SMILES string of the molecule is Cc1ccccc1C[NH+]1CC[NH+](CN2C(=O)CC3(CCCCC3)C2=O)CC1. The molecule has 2 N–H and O–H groups in total. The molecule has 5 nitrogen and oxygen atoms in total. The van der Waals surface area contributed by atoms with E-state index in [2.05, 4.69) is 31.2 Å². The molecule has 1 aliphatic carbocycles. The first-order chi connectivity index (χ1) is 13.1. The van der Waals surface area contributed by atoms with Crippen LogP contribution in [0.4, 0.5) is 0 Å². The van der Waals surface area contributed by atoms with Gasteiger partial charge in [0.05, 0.1) is 5.41 Å². The number of hydrogen-bond acceptors (Lipinski definition) is 2. The Bertz CT molecular complexity index is 703. The van der Waals surface area contributed by atoms with Crippen molar-refractivity contribution >= 4 is 11.8 Å². The van der Waals surface area contributed by atoms with Crippen LogP contribution in [0.1, 0.15) is 49.7 Å². The molecule has 1 saturated carbocycles. The maximum Gasteiger partial charge on any atom is 0.240 e. The number of benzene rings is 1. The number of hydrogen-bond donors (Lipinski definition) is 2. The molecule has 0 radical (unpaired) electrons. The van der Waals surface area contributed by atoms with E-state index >= 15 is 0 Å². The zero-order chi connectivity index (χ0) is 18.9. The van der Waals surface area contributed by atoms with E-state index in [0.29, 0.717) is 13.1 Å². The third kappa shape index (κ3) is 3.81. The number of rotatable bonds is 4. The summed E-state index contributed by atoms with van der Waals surface area (Å²) in [5.74, 6) is 0.207. The number of carbonyl (C=O) groups excluding carboxylic acids is 2. The van der Waals surface area contributed by atoms with Crippen LogP contribution in [0.3, 0.4) is 0 Å². The van der Waals surface area contributed by atoms with E-state index in [0.717, 1.165) is 58.4 Å². The first-order valence-electron chi connectivity index (χ1n) is 10.6. The molecule has 1 aromatic carbocycles. The van der Waals surface area contributed by atoms with Crippen molar-refractivity contribution in [2.75, 3.05) is 32.8 Å². The molecule has 2 saturated heterocycles. The molecular formula is C22H33N3O2+2. The van der Waals surface area contributed by atoms with Crippen LogP contribution >= 0.6 is 0 Å². The summed E-state index contributed by atoms with van der Waals surface area (Å²) >= 11 is 0. The highest BCUT2D eigenvalue weighted by atomic mass is 16.2. The van der Waals surface area contributed by atoms with Crippen molar-refractivity contribution in [1.29, 1.82) is 0 Å². The summed E-state index contributed by atoms with van der Waals surface area (Å²) in [4.78, 5) is 30.2. The van der Waals surface area contributed by atoms with Gasteiger partial charge in [0.15, 0.2) is 6.67 Å². The lowest BCUT2D eigenvalue weighted by Crippen LogP contribution is -3.28. The van der Waals surface area contributed by atoms with Gasteiger partial charge in [0, 0.05) is 12.0 Å². The molecule has 0 bridgehead atoms. The van der Waals surface area contributed by atoms with Crippen LogP contribution < -0.4 is 9.80 Å². The molecule has 27 heavy (non-hydrogen) atoms. The molecule has 1 aromatic rings. The molecule has 2 amide bonds.